The minimum absolute atomic E-state index is 0.0475. The maximum atomic E-state index is 12.0. The molecule has 1 aliphatic heterocycles. The normalized spacial score (nSPS) is 19.7. The Labute approximate surface area is 107 Å². The lowest BCUT2D eigenvalue weighted by Crippen LogP contribution is -2.28. The first-order valence-corrected chi connectivity index (χ1v) is 6.08. The number of carbonyl (C=O) groups is 1. The maximum absolute atomic E-state index is 12.0. The van der Waals surface area contributed by atoms with Crippen molar-refractivity contribution in [2.45, 2.75) is 13.3 Å². The molecule has 0 aromatic heterocycles. The van der Waals surface area contributed by atoms with E-state index in [-0.39, 0.29) is 5.91 Å². The standard InChI is InChI=1S/C14H17N3O/c1-3-9-15-14-16-12(13(18)17(14)2)10-11-7-5-4-6-8-11/h4-8,10H,3,9H2,1-2H3,(H,15,16)/b12-10-. The Morgan fingerprint density at radius 1 is 1.33 bits per heavy atom. The molecule has 0 unspecified atom stereocenters. The van der Waals surface area contributed by atoms with Crippen LogP contribution in [-0.2, 0) is 4.79 Å². The van der Waals surface area contributed by atoms with Gasteiger partial charge in [0, 0.05) is 13.6 Å². The first-order chi connectivity index (χ1) is 8.72. The van der Waals surface area contributed by atoms with Crippen LogP contribution in [0.15, 0.2) is 41.0 Å². The summed E-state index contributed by atoms with van der Waals surface area (Å²) in [7, 11) is 1.73. The van der Waals surface area contributed by atoms with Gasteiger partial charge in [-0.15, -0.1) is 0 Å². The Morgan fingerprint density at radius 2 is 2.06 bits per heavy atom. The summed E-state index contributed by atoms with van der Waals surface area (Å²) >= 11 is 0. The topological polar surface area (TPSA) is 44.7 Å². The van der Waals surface area contributed by atoms with Crippen molar-refractivity contribution in [2.24, 2.45) is 4.99 Å². The van der Waals surface area contributed by atoms with E-state index in [9.17, 15) is 4.79 Å². The number of likely N-dealkylation sites (N-methyl/N-ethyl adjacent to an activating group) is 1. The molecule has 1 aliphatic rings. The zero-order chi connectivity index (χ0) is 13.0. The molecule has 1 aromatic carbocycles. The fraction of sp³-hybridized carbons (Fsp3) is 0.286. The predicted octanol–water partition coefficient (Wildman–Crippen LogP) is 1.86. The molecule has 18 heavy (non-hydrogen) atoms. The van der Waals surface area contributed by atoms with Crippen LogP contribution < -0.4 is 5.32 Å². The fourth-order valence-corrected chi connectivity index (χ4v) is 1.71. The second-order valence-corrected chi connectivity index (χ2v) is 4.16. The van der Waals surface area contributed by atoms with Crippen LogP contribution in [0.2, 0.25) is 0 Å². The molecule has 0 spiro atoms. The average molecular weight is 243 g/mol. The van der Waals surface area contributed by atoms with E-state index in [4.69, 9.17) is 0 Å². The van der Waals surface area contributed by atoms with Crippen molar-refractivity contribution in [1.82, 2.24) is 10.2 Å². The van der Waals surface area contributed by atoms with Gasteiger partial charge in [-0.1, -0.05) is 37.3 Å². The third-order valence-corrected chi connectivity index (χ3v) is 2.69. The van der Waals surface area contributed by atoms with Crippen molar-refractivity contribution in [2.75, 3.05) is 13.6 Å². The first kappa shape index (κ1) is 12.4. The summed E-state index contributed by atoms with van der Waals surface area (Å²) in [5.41, 5.74) is 1.57. The SMILES string of the molecule is CCCN=C1N/C(=C\c2ccccc2)C(=O)N1C. The molecule has 4 nitrogen and oxygen atoms in total. The quantitative estimate of drug-likeness (QED) is 0.823. The zero-order valence-electron chi connectivity index (χ0n) is 10.7. The number of benzene rings is 1. The summed E-state index contributed by atoms with van der Waals surface area (Å²) in [5.74, 6) is 0.581. The minimum atomic E-state index is -0.0475. The molecule has 0 saturated carbocycles. The van der Waals surface area contributed by atoms with E-state index in [1.165, 1.54) is 0 Å². The van der Waals surface area contributed by atoms with Crippen LogP contribution in [0.4, 0.5) is 0 Å². The van der Waals surface area contributed by atoms with E-state index in [2.05, 4.69) is 17.2 Å². The Hall–Kier alpha value is -2.10. The molecule has 0 bridgehead atoms. The molecule has 94 valence electrons. The molecular weight excluding hydrogens is 226 g/mol. The van der Waals surface area contributed by atoms with E-state index in [0.717, 1.165) is 18.5 Å². The number of guanidine groups is 1. The van der Waals surface area contributed by atoms with E-state index < -0.39 is 0 Å². The highest BCUT2D eigenvalue weighted by atomic mass is 16.2. The lowest BCUT2D eigenvalue weighted by molar-refractivity contribution is -0.121. The number of rotatable bonds is 3. The number of hydrogen-bond acceptors (Lipinski definition) is 2. The van der Waals surface area contributed by atoms with E-state index in [1.54, 1.807) is 11.9 Å². The first-order valence-electron chi connectivity index (χ1n) is 6.08. The van der Waals surface area contributed by atoms with Crippen molar-refractivity contribution >= 4 is 17.9 Å². The second kappa shape index (κ2) is 5.49. The average Bonchev–Trinajstić information content (AvgIpc) is 2.66. The summed E-state index contributed by atoms with van der Waals surface area (Å²) in [6.07, 6.45) is 2.80. The molecule has 4 heteroatoms. The molecule has 1 N–H and O–H groups in total. The van der Waals surface area contributed by atoms with Gasteiger partial charge in [0.1, 0.15) is 5.70 Å². The summed E-state index contributed by atoms with van der Waals surface area (Å²) in [6, 6.07) is 9.77. The van der Waals surface area contributed by atoms with Gasteiger partial charge in [-0.25, -0.2) is 0 Å². The lowest BCUT2D eigenvalue weighted by Gasteiger charge is -2.06. The van der Waals surface area contributed by atoms with Gasteiger partial charge in [0.2, 0.25) is 5.96 Å². The van der Waals surface area contributed by atoms with Gasteiger partial charge in [-0.05, 0) is 18.1 Å². The summed E-state index contributed by atoms with van der Waals surface area (Å²) < 4.78 is 0. The van der Waals surface area contributed by atoms with E-state index in [1.807, 2.05) is 36.4 Å². The van der Waals surface area contributed by atoms with Crippen LogP contribution in [0.1, 0.15) is 18.9 Å². The molecule has 1 amide bonds. The lowest BCUT2D eigenvalue weighted by atomic mass is 10.2. The van der Waals surface area contributed by atoms with Crippen LogP contribution in [0.25, 0.3) is 6.08 Å². The summed E-state index contributed by atoms with van der Waals surface area (Å²) in [4.78, 5) is 17.9. The van der Waals surface area contributed by atoms with Gasteiger partial charge in [0.05, 0.1) is 0 Å². The second-order valence-electron chi connectivity index (χ2n) is 4.16. The van der Waals surface area contributed by atoms with Crippen LogP contribution in [0.3, 0.4) is 0 Å². The van der Waals surface area contributed by atoms with Gasteiger partial charge < -0.3 is 5.32 Å². The van der Waals surface area contributed by atoms with Gasteiger partial charge in [-0.3, -0.25) is 14.7 Å². The Kier molecular flexibility index (Phi) is 3.77. The largest absolute Gasteiger partial charge is 0.321 e. The molecule has 1 aromatic rings. The fourth-order valence-electron chi connectivity index (χ4n) is 1.71. The Morgan fingerprint density at radius 3 is 2.72 bits per heavy atom. The van der Waals surface area contributed by atoms with Crippen molar-refractivity contribution in [3.63, 3.8) is 0 Å². The number of amides is 1. The third-order valence-electron chi connectivity index (χ3n) is 2.69. The number of nitrogens with zero attached hydrogens (tertiary/aromatic N) is 2. The Bertz CT molecular complexity index is 491. The molecule has 1 saturated heterocycles. The van der Waals surface area contributed by atoms with Gasteiger partial charge in [-0.2, -0.15) is 0 Å². The molecule has 0 atom stereocenters. The highest BCUT2D eigenvalue weighted by Crippen LogP contribution is 2.12. The van der Waals surface area contributed by atoms with Crippen molar-refractivity contribution in [3.05, 3.63) is 41.6 Å². The zero-order valence-corrected chi connectivity index (χ0v) is 10.7. The summed E-state index contributed by atoms with van der Waals surface area (Å²) in [5, 5.41) is 3.06. The predicted molar refractivity (Wildman–Crippen MR) is 72.9 cm³/mol. The van der Waals surface area contributed by atoms with Crippen LogP contribution in [0, 0.1) is 0 Å². The molecule has 2 rings (SSSR count). The smallest absolute Gasteiger partial charge is 0.276 e. The van der Waals surface area contributed by atoms with Gasteiger partial charge in [0.15, 0.2) is 0 Å². The number of aliphatic imine (C=N–C) groups is 1. The minimum Gasteiger partial charge on any atom is -0.321 e. The van der Waals surface area contributed by atoms with Crippen LogP contribution >= 0.6 is 0 Å². The number of carbonyl (C=O) groups excluding carboxylic acids is 1. The third kappa shape index (κ3) is 2.59. The monoisotopic (exact) mass is 243 g/mol. The highest BCUT2D eigenvalue weighted by molar-refractivity contribution is 6.15. The molecule has 0 aliphatic carbocycles. The molecule has 1 fully saturated rings. The molecule has 0 radical (unpaired) electrons. The number of nitrogens with one attached hydrogen (secondary N) is 1. The van der Waals surface area contributed by atoms with Crippen LogP contribution in [-0.4, -0.2) is 30.4 Å². The molecular formula is C14H17N3O. The summed E-state index contributed by atoms with van der Waals surface area (Å²) in [6.45, 7) is 2.78. The van der Waals surface area contributed by atoms with Crippen molar-refractivity contribution < 1.29 is 4.79 Å². The van der Waals surface area contributed by atoms with Gasteiger partial charge >= 0.3 is 0 Å². The Balaban J connectivity index is 2.21. The molecule has 1 heterocycles. The maximum Gasteiger partial charge on any atom is 0.276 e. The van der Waals surface area contributed by atoms with Crippen molar-refractivity contribution in [3.8, 4) is 0 Å². The highest BCUT2D eigenvalue weighted by Gasteiger charge is 2.28. The van der Waals surface area contributed by atoms with Crippen molar-refractivity contribution in [1.29, 1.82) is 0 Å². The van der Waals surface area contributed by atoms with Gasteiger partial charge in [0.25, 0.3) is 5.91 Å². The van der Waals surface area contributed by atoms with Crippen LogP contribution in [0.5, 0.6) is 0 Å². The van der Waals surface area contributed by atoms with E-state index in [0.29, 0.717) is 11.7 Å². The number of hydrogen-bond donors (Lipinski definition) is 1. The van der Waals surface area contributed by atoms with E-state index >= 15 is 0 Å².